The van der Waals surface area contributed by atoms with E-state index < -0.39 is 6.10 Å². The molecule has 0 saturated carbocycles. The van der Waals surface area contributed by atoms with Crippen LogP contribution in [0.1, 0.15) is 30.2 Å². The molecule has 0 aliphatic heterocycles. The van der Waals surface area contributed by atoms with Crippen LogP contribution in [0.5, 0.6) is 0 Å². The van der Waals surface area contributed by atoms with E-state index >= 15 is 0 Å². The highest BCUT2D eigenvalue weighted by Crippen LogP contribution is 2.37. The van der Waals surface area contributed by atoms with Gasteiger partial charge in [0.2, 0.25) is 0 Å². The minimum absolute atomic E-state index is 0.304. The zero-order valence-corrected chi connectivity index (χ0v) is 9.28. The van der Waals surface area contributed by atoms with E-state index in [2.05, 4.69) is 4.98 Å². The molecule has 0 fully saturated rings. The number of nitrogens with two attached hydrogens (primary N) is 1. The Hall–Kier alpha value is -1.68. The molecule has 4 heteroatoms. The van der Waals surface area contributed by atoms with Crippen LogP contribution < -0.4 is 5.73 Å². The second kappa shape index (κ2) is 3.67. The first-order valence-electron chi connectivity index (χ1n) is 5.73. The second-order valence-electron chi connectivity index (χ2n) is 4.43. The molecule has 3 nitrogen and oxygen atoms in total. The molecule has 0 bridgehead atoms. The van der Waals surface area contributed by atoms with Crippen molar-refractivity contribution in [1.82, 2.24) is 4.98 Å². The minimum Gasteiger partial charge on any atom is -0.398 e. The molecule has 1 heterocycles. The van der Waals surface area contributed by atoms with Crippen LogP contribution in [0.2, 0.25) is 0 Å². The molecule has 0 saturated heterocycles. The lowest BCUT2D eigenvalue weighted by Gasteiger charge is -2.23. The maximum atomic E-state index is 13.7. The van der Waals surface area contributed by atoms with E-state index in [0.717, 1.165) is 18.5 Å². The van der Waals surface area contributed by atoms with Crippen LogP contribution in [0.4, 0.5) is 10.1 Å². The van der Waals surface area contributed by atoms with Crippen molar-refractivity contribution in [3.05, 3.63) is 35.3 Å². The number of aliphatic hydroxyl groups excluding tert-OH is 1. The predicted octanol–water partition coefficient (Wildman–Crippen LogP) is 2.33. The summed E-state index contributed by atoms with van der Waals surface area (Å²) in [6.07, 6.45) is 1.74. The number of nitrogen functional groups attached to an aromatic ring is 1. The van der Waals surface area contributed by atoms with Gasteiger partial charge < -0.3 is 10.8 Å². The molecule has 1 aromatic carbocycles. The Labute approximate surface area is 98.1 Å². The van der Waals surface area contributed by atoms with E-state index in [4.69, 9.17) is 5.73 Å². The van der Waals surface area contributed by atoms with Crippen molar-refractivity contribution >= 4 is 16.6 Å². The van der Waals surface area contributed by atoms with Crippen LogP contribution in [0.3, 0.4) is 0 Å². The van der Waals surface area contributed by atoms with Gasteiger partial charge in [-0.3, -0.25) is 0 Å². The molecule has 0 radical (unpaired) electrons. The largest absolute Gasteiger partial charge is 0.398 e. The van der Waals surface area contributed by atoms with Gasteiger partial charge in [0.05, 0.1) is 6.10 Å². The SMILES string of the molecule is Nc1c2c(nc3c(F)cccc13)CCCC2O. The molecule has 0 spiro atoms. The van der Waals surface area contributed by atoms with E-state index in [-0.39, 0.29) is 5.82 Å². The maximum absolute atomic E-state index is 13.7. The molecular formula is C13H13FN2O. The first-order chi connectivity index (χ1) is 8.18. The maximum Gasteiger partial charge on any atom is 0.149 e. The van der Waals surface area contributed by atoms with Crippen LogP contribution in [0.15, 0.2) is 18.2 Å². The van der Waals surface area contributed by atoms with Crippen molar-refractivity contribution in [3.63, 3.8) is 0 Å². The number of aliphatic hydroxyl groups is 1. The highest BCUT2D eigenvalue weighted by Gasteiger charge is 2.24. The fourth-order valence-electron chi connectivity index (χ4n) is 2.51. The highest BCUT2D eigenvalue weighted by atomic mass is 19.1. The van der Waals surface area contributed by atoms with Crippen LogP contribution in [0.25, 0.3) is 10.9 Å². The number of rotatable bonds is 0. The van der Waals surface area contributed by atoms with Crippen molar-refractivity contribution in [2.24, 2.45) is 0 Å². The molecule has 88 valence electrons. The Balaban J connectivity index is 2.39. The lowest BCUT2D eigenvalue weighted by atomic mass is 9.90. The Morgan fingerprint density at radius 1 is 1.41 bits per heavy atom. The second-order valence-corrected chi connectivity index (χ2v) is 4.43. The van der Waals surface area contributed by atoms with Gasteiger partial charge in [-0.1, -0.05) is 12.1 Å². The number of nitrogens with zero attached hydrogens (tertiary/aromatic N) is 1. The van der Waals surface area contributed by atoms with E-state index in [1.165, 1.54) is 6.07 Å². The third-order valence-corrected chi connectivity index (χ3v) is 3.35. The van der Waals surface area contributed by atoms with Crippen LogP contribution in [-0.2, 0) is 6.42 Å². The number of aryl methyl sites for hydroxylation is 1. The molecule has 1 aliphatic carbocycles. The van der Waals surface area contributed by atoms with Gasteiger partial charge in [-0.05, 0) is 25.3 Å². The molecule has 3 rings (SSSR count). The van der Waals surface area contributed by atoms with Gasteiger partial charge in [0.15, 0.2) is 0 Å². The average Bonchev–Trinajstić information content (AvgIpc) is 2.31. The lowest BCUT2D eigenvalue weighted by Crippen LogP contribution is -2.14. The number of aromatic nitrogens is 1. The third kappa shape index (κ3) is 1.48. The number of hydrogen-bond acceptors (Lipinski definition) is 3. The summed E-state index contributed by atoms with van der Waals surface area (Å²) in [5.74, 6) is -0.364. The van der Waals surface area contributed by atoms with Gasteiger partial charge in [0.1, 0.15) is 11.3 Å². The van der Waals surface area contributed by atoms with Gasteiger partial charge in [-0.25, -0.2) is 9.37 Å². The number of halogens is 1. The quantitative estimate of drug-likeness (QED) is 0.732. The summed E-state index contributed by atoms with van der Waals surface area (Å²) in [6.45, 7) is 0. The number of para-hydroxylation sites is 1. The molecule has 3 N–H and O–H groups in total. The predicted molar refractivity (Wildman–Crippen MR) is 64.0 cm³/mol. The highest BCUT2D eigenvalue weighted by molar-refractivity contribution is 5.92. The van der Waals surface area contributed by atoms with Crippen LogP contribution >= 0.6 is 0 Å². The van der Waals surface area contributed by atoms with Gasteiger partial charge in [-0.2, -0.15) is 0 Å². The molecule has 1 aromatic heterocycles. The fourth-order valence-corrected chi connectivity index (χ4v) is 2.51. The number of hydrogen-bond donors (Lipinski definition) is 2. The molecule has 1 unspecified atom stereocenters. The van der Waals surface area contributed by atoms with Crippen molar-refractivity contribution in [2.45, 2.75) is 25.4 Å². The van der Waals surface area contributed by atoms with Crippen molar-refractivity contribution in [3.8, 4) is 0 Å². The Bertz CT molecular complexity index is 597. The van der Waals surface area contributed by atoms with Crippen molar-refractivity contribution in [1.29, 1.82) is 0 Å². The van der Waals surface area contributed by atoms with Crippen LogP contribution in [-0.4, -0.2) is 10.1 Å². The Kier molecular flexibility index (Phi) is 2.26. The zero-order valence-electron chi connectivity index (χ0n) is 9.28. The van der Waals surface area contributed by atoms with Gasteiger partial charge in [-0.15, -0.1) is 0 Å². The minimum atomic E-state index is -0.570. The summed E-state index contributed by atoms with van der Waals surface area (Å²) < 4.78 is 13.7. The third-order valence-electron chi connectivity index (χ3n) is 3.35. The Morgan fingerprint density at radius 3 is 3.06 bits per heavy atom. The molecule has 17 heavy (non-hydrogen) atoms. The van der Waals surface area contributed by atoms with E-state index in [1.807, 2.05) is 0 Å². The summed E-state index contributed by atoms with van der Waals surface area (Å²) in [5.41, 5.74) is 8.23. The topological polar surface area (TPSA) is 59.1 Å². The molecule has 1 atom stereocenters. The van der Waals surface area contributed by atoms with E-state index in [0.29, 0.717) is 28.6 Å². The standard InChI is InChI=1S/C13H13FN2O/c14-8-4-1-3-7-12(15)11-9(16-13(7)8)5-2-6-10(11)17/h1,3-4,10,17H,2,5-6H2,(H2,15,16). The summed E-state index contributed by atoms with van der Waals surface area (Å²) in [6, 6.07) is 4.72. The smallest absolute Gasteiger partial charge is 0.149 e. The van der Waals surface area contributed by atoms with Gasteiger partial charge in [0.25, 0.3) is 0 Å². The lowest BCUT2D eigenvalue weighted by molar-refractivity contribution is 0.156. The summed E-state index contributed by atoms with van der Waals surface area (Å²) >= 11 is 0. The number of anilines is 1. The molecule has 2 aromatic rings. The van der Waals surface area contributed by atoms with E-state index in [1.54, 1.807) is 12.1 Å². The van der Waals surface area contributed by atoms with Gasteiger partial charge >= 0.3 is 0 Å². The first-order valence-corrected chi connectivity index (χ1v) is 5.73. The first kappa shape index (κ1) is 10.5. The zero-order chi connectivity index (χ0) is 12.0. The molecule has 1 aliphatic rings. The summed E-state index contributed by atoms with van der Waals surface area (Å²) in [4.78, 5) is 4.31. The van der Waals surface area contributed by atoms with Crippen LogP contribution in [0, 0.1) is 5.82 Å². The fraction of sp³-hybridized carbons (Fsp3) is 0.308. The summed E-state index contributed by atoms with van der Waals surface area (Å²) in [5, 5.41) is 10.5. The number of benzene rings is 1. The van der Waals surface area contributed by atoms with Crippen molar-refractivity contribution < 1.29 is 9.50 Å². The normalized spacial score (nSPS) is 19.3. The Morgan fingerprint density at radius 2 is 2.24 bits per heavy atom. The average molecular weight is 232 g/mol. The molecule has 0 amide bonds. The van der Waals surface area contributed by atoms with E-state index in [9.17, 15) is 9.50 Å². The van der Waals surface area contributed by atoms with Gasteiger partial charge in [0, 0.05) is 22.3 Å². The monoisotopic (exact) mass is 232 g/mol. The summed E-state index contributed by atoms with van der Waals surface area (Å²) in [7, 11) is 0. The van der Waals surface area contributed by atoms with Crippen molar-refractivity contribution in [2.75, 3.05) is 5.73 Å². The number of fused-ring (bicyclic) bond motifs is 2. The number of pyridine rings is 1. The molecular weight excluding hydrogens is 219 g/mol.